The normalized spacial score (nSPS) is 18.3. The van der Waals surface area contributed by atoms with Gasteiger partial charge in [0.1, 0.15) is 35.5 Å². The van der Waals surface area contributed by atoms with Crippen molar-refractivity contribution in [3.63, 3.8) is 0 Å². The molecular formula is C33H40F2N2O5. The first kappa shape index (κ1) is 30.1. The number of anilines is 1. The Morgan fingerprint density at radius 3 is 2.48 bits per heavy atom. The van der Waals surface area contributed by atoms with Crippen molar-refractivity contribution < 1.29 is 32.5 Å². The summed E-state index contributed by atoms with van der Waals surface area (Å²) >= 11 is 0. The Morgan fingerprint density at radius 1 is 0.905 bits per heavy atom. The van der Waals surface area contributed by atoms with E-state index in [0.717, 1.165) is 74.4 Å². The van der Waals surface area contributed by atoms with Crippen LogP contribution in [0.5, 0.6) is 17.2 Å². The van der Waals surface area contributed by atoms with Crippen LogP contribution in [0.15, 0.2) is 60.7 Å². The molecule has 0 aromatic heterocycles. The fourth-order valence-corrected chi connectivity index (χ4v) is 5.49. The van der Waals surface area contributed by atoms with E-state index in [0.29, 0.717) is 32.8 Å². The van der Waals surface area contributed by atoms with E-state index in [4.69, 9.17) is 23.7 Å². The van der Waals surface area contributed by atoms with E-state index in [-0.39, 0.29) is 17.8 Å². The number of nitrogens with one attached hydrogen (secondary N) is 1. The van der Waals surface area contributed by atoms with Crippen LogP contribution in [0.2, 0.25) is 0 Å². The van der Waals surface area contributed by atoms with Gasteiger partial charge < -0.3 is 33.9 Å². The van der Waals surface area contributed by atoms with Crippen LogP contribution in [0.25, 0.3) is 0 Å². The molecule has 0 amide bonds. The zero-order valence-corrected chi connectivity index (χ0v) is 24.2. The SMILES string of the molecule is COCCCN1CCOc2ccc(CO[C@H]3CNCC[C@@H]3c3ccc(OCCCOc4cc(F)cc(F)c4)cc3)cc21. The zero-order chi connectivity index (χ0) is 29.1. The van der Waals surface area contributed by atoms with Gasteiger partial charge >= 0.3 is 0 Å². The summed E-state index contributed by atoms with van der Waals surface area (Å²) in [6, 6.07) is 17.7. The second kappa shape index (κ2) is 15.2. The van der Waals surface area contributed by atoms with Crippen LogP contribution in [-0.2, 0) is 16.1 Å². The van der Waals surface area contributed by atoms with Gasteiger partial charge in [0, 0.05) is 57.3 Å². The first-order chi connectivity index (χ1) is 20.6. The molecule has 1 fully saturated rings. The van der Waals surface area contributed by atoms with E-state index in [9.17, 15) is 8.78 Å². The van der Waals surface area contributed by atoms with Gasteiger partial charge in [0.25, 0.3) is 0 Å². The first-order valence-corrected chi connectivity index (χ1v) is 14.7. The van der Waals surface area contributed by atoms with Gasteiger partial charge in [0.15, 0.2) is 0 Å². The molecule has 0 saturated carbocycles. The maximum atomic E-state index is 13.3. The molecule has 1 saturated heterocycles. The number of hydrogen-bond acceptors (Lipinski definition) is 7. The highest BCUT2D eigenvalue weighted by atomic mass is 19.1. The second-order valence-electron chi connectivity index (χ2n) is 10.7. The largest absolute Gasteiger partial charge is 0.493 e. The predicted octanol–water partition coefficient (Wildman–Crippen LogP) is 5.71. The lowest BCUT2D eigenvalue weighted by molar-refractivity contribution is 0.0106. The summed E-state index contributed by atoms with van der Waals surface area (Å²) in [5.74, 6) is 0.849. The first-order valence-electron chi connectivity index (χ1n) is 14.7. The minimum atomic E-state index is -0.655. The van der Waals surface area contributed by atoms with Gasteiger partial charge in [-0.1, -0.05) is 18.2 Å². The van der Waals surface area contributed by atoms with Gasteiger partial charge in [-0.3, -0.25) is 0 Å². The van der Waals surface area contributed by atoms with Gasteiger partial charge in [-0.2, -0.15) is 0 Å². The lowest BCUT2D eigenvalue weighted by Crippen LogP contribution is -2.41. The summed E-state index contributed by atoms with van der Waals surface area (Å²) in [6.45, 7) is 6.28. The monoisotopic (exact) mass is 582 g/mol. The van der Waals surface area contributed by atoms with Crippen molar-refractivity contribution >= 4 is 5.69 Å². The number of fused-ring (bicyclic) bond motifs is 1. The molecule has 2 aliphatic heterocycles. The smallest absolute Gasteiger partial charge is 0.142 e. The molecule has 0 aliphatic carbocycles. The molecule has 9 heteroatoms. The molecule has 0 spiro atoms. The molecule has 5 rings (SSSR count). The molecule has 42 heavy (non-hydrogen) atoms. The highest BCUT2D eigenvalue weighted by molar-refractivity contribution is 5.61. The molecule has 2 atom stereocenters. The van der Waals surface area contributed by atoms with Gasteiger partial charge in [-0.25, -0.2) is 8.78 Å². The average molecular weight is 583 g/mol. The van der Waals surface area contributed by atoms with Gasteiger partial charge in [-0.05, 0) is 54.8 Å². The van der Waals surface area contributed by atoms with E-state index in [2.05, 4.69) is 40.5 Å². The number of hydrogen-bond donors (Lipinski definition) is 1. The van der Waals surface area contributed by atoms with E-state index >= 15 is 0 Å². The highest BCUT2D eigenvalue weighted by Crippen LogP contribution is 2.34. The number of benzene rings is 3. The Kier molecular flexibility index (Phi) is 10.9. The number of piperidine rings is 1. The molecule has 2 aliphatic rings. The van der Waals surface area contributed by atoms with E-state index in [1.54, 1.807) is 7.11 Å². The molecule has 0 bridgehead atoms. The summed E-state index contributed by atoms with van der Waals surface area (Å²) in [4.78, 5) is 2.37. The molecule has 3 aromatic rings. The fourth-order valence-electron chi connectivity index (χ4n) is 5.49. The summed E-state index contributed by atoms with van der Waals surface area (Å²) < 4.78 is 55.5. The minimum Gasteiger partial charge on any atom is -0.493 e. The average Bonchev–Trinajstić information content (AvgIpc) is 3.00. The standard InChI is InChI=1S/C33H40F2N2O5/c1-38-14-2-12-37-13-17-41-32-9-4-24(18-31(32)37)23-42-33-22-36-11-10-30(33)25-5-7-28(8-6-25)39-15-3-16-40-29-20-26(34)19-27(35)21-29/h4-9,18-21,30,33,36H,2-3,10-17,22-23H2,1H3/t30-,33+/m1/s1. The van der Waals surface area contributed by atoms with Gasteiger partial charge in [0.05, 0.1) is 38.2 Å². The Balaban J connectivity index is 1.11. The van der Waals surface area contributed by atoms with Gasteiger partial charge in [0.2, 0.25) is 0 Å². The third-order valence-corrected chi connectivity index (χ3v) is 7.62. The third-order valence-electron chi connectivity index (χ3n) is 7.62. The number of rotatable bonds is 14. The third kappa shape index (κ3) is 8.33. The van der Waals surface area contributed by atoms with E-state index in [1.807, 2.05) is 12.1 Å². The van der Waals surface area contributed by atoms with Crippen LogP contribution in [-0.4, -0.2) is 65.8 Å². The van der Waals surface area contributed by atoms with Crippen LogP contribution < -0.4 is 24.4 Å². The van der Waals surface area contributed by atoms with Crippen molar-refractivity contribution in [1.82, 2.24) is 5.32 Å². The van der Waals surface area contributed by atoms with Crippen LogP contribution in [0.3, 0.4) is 0 Å². The molecule has 1 N–H and O–H groups in total. The molecular weight excluding hydrogens is 542 g/mol. The predicted molar refractivity (Wildman–Crippen MR) is 158 cm³/mol. The topological polar surface area (TPSA) is 61.4 Å². The van der Waals surface area contributed by atoms with Crippen LogP contribution in [0.4, 0.5) is 14.5 Å². The fraction of sp³-hybridized carbons (Fsp3) is 0.455. The highest BCUT2D eigenvalue weighted by Gasteiger charge is 2.27. The number of ether oxygens (including phenoxy) is 5. The lowest BCUT2D eigenvalue weighted by Gasteiger charge is -2.33. The van der Waals surface area contributed by atoms with Crippen LogP contribution in [0.1, 0.15) is 36.3 Å². The number of methoxy groups -OCH3 is 1. The van der Waals surface area contributed by atoms with Crippen LogP contribution >= 0.6 is 0 Å². The van der Waals surface area contributed by atoms with Crippen molar-refractivity contribution in [3.05, 3.63) is 83.4 Å². The molecule has 0 unspecified atom stereocenters. The minimum absolute atomic E-state index is 0.0559. The van der Waals surface area contributed by atoms with Crippen molar-refractivity contribution in [2.45, 2.75) is 37.9 Å². The van der Waals surface area contributed by atoms with Gasteiger partial charge in [-0.15, -0.1) is 0 Å². The maximum Gasteiger partial charge on any atom is 0.142 e. The summed E-state index contributed by atoms with van der Waals surface area (Å²) in [5.41, 5.74) is 3.49. The zero-order valence-electron chi connectivity index (χ0n) is 24.2. The van der Waals surface area contributed by atoms with Crippen LogP contribution in [0, 0.1) is 11.6 Å². The van der Waals surface area contributed by atoms with Crippen molar-refractivity contribution in [3.8, 4) is 17.2 Å². The maximum absolute atomic E-state index is 13.3. The molecule has 2 heterocycles. The Morgan fingerprint density at radius 2 is 1.69 bits per heavy atom. The van der Waals surface area contributed by atoms with Crippen molar-refractivity contribution in [2.75, 3.05) is 64.6 Å². The summed E-state index contributed by atoms with van der Waals surface area (Å²) in [5, 5.41) is 3.48. The van der Waals surface area contributed by atoms with E-state index in [1.165, 1.54) is 17.7 Å². The molecule has 3 aromatic carbocycles. The Hall–Kier alpha value is -3.40. The molecule has 0 radical (unpaired) electrons. The van der Waals surface area contributed by atoms with E-state index < -0.39 is 11.6 Å². The summed E-state index contributed by atoms with van der Waals surface area (Å²) in [6.07, 6.45) is 2.61. The quantitative estimate of drug-likeness (QED) is 0.244. The second-order valence-corrected chi connectivity index (χ2v) is 10.7. The van der Waals surface area contributed by atoms with Crippen molar-refractivity contribution in [2.24, 2.45) is 0 Å². The molecule has 226 valence electrons. The Bertz CT molecular complexity index is 1260. The Labute approximate surface area is 246 Å². The summed E-state index contributed by atoms with van der Waals surface area (Å²) in [7, 11) is 1.74. The lowest BCUT2D eigenvalue weighted by atomic mass is 9.87. The number of nitrogens with zero attached hydrogens (tertiary/aromatic N) is 1. The number of halogens is 2. The molecule has 7 nitrogen and oxygen atoms in total. The van der Waals surface area contributed by atoms with Crippen molar-refractivity contribution in [1.29, 1.82) is 0 Å².